The van der Waals surface area contributed by atoms with Gasteiger partial charge in [-0.2, -0.15) is 0 Å². The molecule has 24 heavy (non-hydrogen) atoms. The SMILES string of the molecule is Cc1cc(NC(=O)CN2CCCC2CC(O)c2ccccc2)no1. The van der Waals surface area contributed by atoms with Gasteiger partial charge in [-0.05, 0) is 38.3 Å². The molecule has 1 aliphatic heterocycles. The standard InChI is InChI=1S/C18H23N3O3/c1-13-10-17(20-24-13)19-18(23)12-21-9-5-8-15(21)11-16(22)14-6-3-2-4-7-14/h2-4,6-7,10,15-16,22H,5,8-9,11-12H2,1H3,(H,19,20,23). The predicted octanol–water partition coefficient (Wildman–Crippen LogP) is 2.51. The smallest absolute Gasteiger partial charge is 0.239 e. The predicted molar refractivity (Wildman–Crippen MR) is 90.5 cm³/mol. The number of amides is 1. The largest absolute Gasteiger partial charge is 0.388 e. The molecular weight excluding hydrogens is 306 g/mol. The van der Waals surface area contributed by atoms with Crippen LogP contribution in [0.5, 0.6) is 0 Å². The van der Waals surface area contributed by atoms with E-state index < -0.39 is 6.10 Å². The fourth-order valence-corrected chi connectivity index (χ4v) is 3.23. The number of hydrogen-bond donors (Lipinski definition) is 2. The first-order valence-electron chi connectivity index (χ1n) is 8.32. The monoisotopic (exact) mass is 329 g/mol. The van der Waals surface area contributed by atoms with Gasteiger partial charge in [0, 0.05) is 12.1 Å². The second kappa shape index (κ2) is 7.59. The van der Waals surface area contributed by atoms with E-state index in [1.807, 2.05) is 30.3 Å². The van der Waals surface area contributed by atoms with Crippen molar-refractivity contribution in [3.05, 3.63) is 47.7 Å². The molecule has 128 valence electrons. The molecule has 0 spiro atoms. The molecule has 0 saturated carbocycles. The first kappa shape index (κ1) is 16.7. The fraction of sp³-hybridized carbons (Fsp3) is 0.444. The summed E-state index contributed by atoms with van der Waals surface area (Å²) in [5, 5.41) is 16.9. The molecule has 3 rings (SSSR count). The third kappa shape index (κ3) is 4.21. The highest BCUT2D eigenvalue weighted by Gasteiger charge is 2.28. The Hall–Kier alpha value is -2.18. The van der Waals surface area contributed by atoms with E-state index in [0.29, 0.717) is 24.5 Å². The summed E-state index contributed by atoms with van der Waals surface area (Å²) in [7, 11) is 0. The highest BCUT2D eigenvalue weighted by Crippen LogP contribution is 2.27. The Morgan fingerprint density at radius 1 is 1.46 bits per heavy atom. The number of anilines is 1. The lowest BCUT2D eigenvalue weighted by atomic mass is 10.0. The van der Waals surface area contributed by atoms with Crippen LogP contribution in [0.15, 0.2) is 40.9 Å². The normalized spacial score (nSPS) is 19.3. The molecule has 6 nitrogen and oxygen atoms in total. The molecule has 2 unspecified atom stereocenters. The average molecular weight is 329 g/mol. The molecule has 1 saturated heterocycles. The molecule has 0 aliphatic carbocycles. The van der Waals surface area contributed by atoms with E-state index in [1.165, 1.54) is 0 Å². The van der Waals surface area contributed by atoms with Crippen LogP contribution in [0.3, 0.4) is 0 Å². The maximum atomic E-state index is 12.2. The van der Waals surface area contributed by atoms with Crippen molar-refractivity contribution in [2.24, 2.45) is 0 Å². The van der Waals surface area contributed by atoms with Crippen LogP contribution in [-0.4, -0.2) is 40.2 Å². The van der Waals surface area contributed by atoms with E-state index in [-0.39, 0.29) is 11.9 Å². The van der Waals surface area contributed by atoms with Crippen LogP contribution in [0.25, 0.3) is 0 Å². The summed E-state index contributed by atoms with van der Waals surface area (Å²) >= 11 is 0. The second-order valence-corrected chi connectivity index (χ2v) is 6.30. The Balaban J connectivity index is 1.54. The Labute approximate surface area is 141 Å². The van der Waals surface area contributed by atoms with E-state index in [9.17, 15) is 9.90 Å². The molecule has 6 heteroatoms. The van der Waals surface area contributed by atoms with Crippen molar-refractivity contribution >= 4 is 11.7 Å². The summed E-state index contributed by atoms with van der Waals surface area (Å²) < 4.78 is 4.95. The quantitative estimate of drug-likeness (QED) is 0.851. The van der Waals surface area contributed by atoms with Crippen molar-refractivity contribution in [2.75, 3.05) is 18.4 Å². The van der Waals surface area contributed by atoms with Crippen LogP contribution in [0.1, 0.15) is 36.7 Å². The first-order valence-corrected chi connectivity index (χ1v) is 8.32. The highest BCUT2D eigenvalue weighted by molar-refractivity contribution is 5.91. The first-order chi connectivity index (χ1) is 11.6. The maximum absolute atomic E-state index is 12.2. The Morgan fingerprint density at radius 3 is 2.96 bits per heavy atom. The number of aliphatic hydroxyl groups is 1. The van der Waals surface area contributed by atoms with Crippen LogP contribution in [0, 0.1) is 6.92 Å². The van der Waals surface area contributed by atoms with Crippen molar-refractivity contribution in [1.29, 1.82) is 0 Å². The summed E-state index contributed by atoms with van der Waals surface area (Å²) in [5.41, 5.74) is 0.923. The summed E-state index contributed by atoms with van der Waals surface area (Å²) in [6, 6.07) is 11.6. The lowest BCUT2D eigenvalue weighted by Gasteiger charge is -2.25. The summed E-state index contributed by atoms with van der Waals surface area (Å²) in [6.45, 7) is 2.96. The molecule has 1 aliphatic rings. The lowest BCUT2D eigenvalue weighted by molar-refractivity contribution is -0.117. The number of benzene rings is 1. The van der Waals surface area contributed by atoms with Crippen LogP contribution < -0.4 is 5.32 Å². The van der Waals surface area contributed by atoms with Gasteiger partial charge >= 0.3 is 0 Å². The van der Waals surface area contributed by atoms with Crippen molar-refractivity contribution in [1.82, 2.24) is 10.1 Å². The number of likely N-dealkylation sites (tertiary alicyclic amines) is 1. The van der Waals surface area contributed by atoms with Gasteiger partial charge in [-0.15, -0.1) is 0 Å². The number of carbonyl (C=O) groups is 1. The van der Waals surface area contributed by atoms with E-state index in [1.54, 1.807) is 13.0 Å². The van der Waals surface area contributed by atoms with Gasteiger partial charge in [0.1, 0.15) is 5.76 Å². The average Bonchev–Trinajstić information content (AvgIpc) is 3.17. The zero-order chi connectivity index (χ0) is 16.9. The van der Waals surface area contributed by atoms with E-state index in [4.69, 9.17) is 4.52 Å². The molecule has 1 aromatic carbocycles. The van der Waals surface area contributed by atoms with Crippen molar-refractivity contribution in [3.63, 3.8) is 0 Å². The minimum absolute atomic E-state index is 0.107. The number of aromatic nitrogens is 1. The minimum Gasteiger partial charge on any atom is -0.388 e. The van der Waals surface area contributed by atoms with Gasteiger partial charge in [0.25, 0.3) is 0 Å². The van der Waals surface area contributed by atoms with E-state index in [2.05, 4.69) is 15.4 Å². The molecule has 1 aromatic heterocycles. The van der Waals surface area contributed by atoms with Crippen LogP contribution >= 0.6 is 0 Å². The van der Waals surface area contributed by atoms with Crippen LogP contribution in [0.2, 0.25) is 0 Å². The molecule has 2 aromatic rings. The van der Waals surface area contributed by atoms with Crippen LogP contribution in [-0.2, 0) is 4.79 Å². The molecule has 0 bridgehead atoms. The lowest BCUT2D eigenvalue weighted by Crippen LogP contribution is -2.37. The number of hydrogen-bond acceptors (Lipinski definition) is 5. The number of carbonyl (C=O) groups excluding carboxylic acids is 1. The van der Waals surface area contributed by atoms with E-state index >= 15 is 0 Å². The fourth-order valence-electron chi connectivity index (χ4n) is 3.23. The third-order valence-electron chi connectivity index (χ3n) is 4.42. The van der Waals surface area contributed by atoms with Crippen molar-refractivity contribution in [2.45, 2.75) is 38.3 Å². The Bertz CT molecular complexity index is 671. The van der Waals surface area contributed by atoms with Gasteiger partial charge in [0.2, 0.25) is 5.91 Å². The van der Waals surface area contributed by atoms with Crippen LogP contribution in [0.4, 0.5) is 5.82 Å². The summed E-state index contributed by atoms with van der Waals surface area (Å²) in [5.74, 6) is 0.998. The number of nitrogens with zero attached hydrogens (tertiary/aromatic N) is 2. The minimum atomic E-state index is -0.502. The zero-order valence-electron chi connectivity index (χ0n) is 13.8. The summed E-state index contributed by atoms with van der Waals surface area (Å²) in [4.78, 5) is 14.3. The summed E-state index contributed by atoms with van der Waals surface area (Å²) in [6.07, 6.45) is 2.18. The number of aryl methyl sites for hydroxylation is 1. The third-order valence-corrected chi connectivity index (χ3v) is 4.42. The molecule has 1 fully saturated rings. The maximum Gasteiger partial charge on any atom is 0.239 e. The van der Waals surface area contributed by atoms with E-state index in [0.717, 1.165) is 24.9 Å². The number of rotatable bonds is 6. The Kier molecular flexibility index (Phi) is 5.27. The zero-order valence-corrected chi connectivity index (χ0v) is 13.8. The molecule has 2 N–H and O–H groups in total. The van der Waals surface area contributed by atoms with Gasteiger partial charge in [-0.3, -0.25) is 9.69 Å². The van der Waals surface area contributed by atoms with Gasteiger partial charge in [-0.25, -0.2) is 0 Å². The van der Waals surface area contributed by atoms with Gasteiger partial charge in [0.15, 0.2) is 5.82 Å². The molecule has 1 amide bonds. The molecule has 0 radical (unpaired) electrons. The van der Waals surface area contributed by atoms with Gasteiger partial charge in [0.05, 0.1) is 12.6 Å². The van der Waals surface area contributed by atoms with Gasteiger partial charge < -0.3 is 14.9 Å². The molecule has 2 atom stereocenters. The number of aliphatic hydroxyl groups excluding tert-OH is 1. The highest BCUT2D eigenvalue weighted by atomic mass is 16.5. The Morgan fingerprint density at radius 2 is 2.25 bits per heavy atom. The van der Waals surface area contributed by atoms with Gasteiger partial charge in [-0.1, -0.05) is 35.5 Å². The number of nitrogens with one attached hydrogen (secondary N) is 1. The van der Waals surface area contributed by atoms with Crippen molar-refractivity contribution in [3.8, 4) is 0 Å². The molecule has 2 heterocycles. The second-order valence-electron chi connectivity index (χ2n) is 6.30. The molecular formula is C18H23N3O3. The topological polar surface area (TPSA) is 78.6 Å². The van der Waals surface area contributed by atoms with Crippen molar-refractivity contribution < 1.29 is 14.4 Å².